The zero-order valence-electron chi connectivity index (χ0n) is 15.3. The van der Waals surface area contributed by atoms with E-state index in [1.165, 1.54) is 16.6 Å². The molecule has 27 heavy (non-hydrogen) atoms. The Morgan fingerprint density at radius 1 is 1.15 bits per heavy atom. The van der Waals surface area contributed by atoms with Crippen molar-refractivity contribution in [2.24, 2.45) is 5.73 Å². The third kappa shape index (κ3) is 2.68. The van der Waals surface area contributed by atoms with Crippen LogP contribution in [0.15, 0.2) is 42.5 Å². The molecule has 1 fully saturated rings. The van der Waals surface area contributed by atoms with Gasteiger partial charge in [-0.25, -0.2) is 9.83 Å². The largest absolute Gasteiger partial charge is 0.341 e. The summed E-state index contributed by atoms with van der Waals surface area (Å²) < 4.78 is 2.41. The number of piperidine rings is 1. The van der Waals surface area contributed by atoms with Crippen LogP contribution in [0, 0.1) is 6.57 Å². The highest BCUT2D eigenvalue weighted by Crippen LogP contribution is 2.41. The highest BCUT2D eigenvalue weighted by atomic mass is 15.3. The van der Waals surface area contributed by atoms with Crippen molar-refractivity contribution in [3.63, 3.8) is 0 Å². The molecule has 2 N–H and O–H groups in total. The van der Waals surface area contributed by atoms with E-state index in [1.807, 2.05) is 6.07 Å². The van der Waals surface area contributed by atoms with Gasteiger partial charge in [-0.2, -0.15) is 0 Å². The summed E-state index contributed by atoms with van der Waals surface area (Å²) in [6, 6.07) is 15.0. The van der Waals surface area contributed by atoms with Crippen LogP contribution in [0.2, 0.25) is 0 Å². The Labute approximate surface area is 159 Å². The molecule has 1 aliphatic carbocycles. The van der Waals surface area contributed by atoms with Crippen LogP contribution >= 0.6 is 0 Å². The van der Waals surface area contributed by atoms with Gasteiger partial charge >= 0.3 is 0 Å². The van der Waals surface area contributed by atoms with Gasteiger partial charge in [-0.3, -0.25) is 0 Å². The highest BCUT2D eigenvalue weighted by Gasteiger charge is 2.30. The van der Waals surface area contributed by atoms with E-state index < -0.39 is 0 Å². The zero-order chi connectivity index (χ0) is 18.4. The average Bonchev–Trinajstić information content (AvgIpc) is 3.28. The fourth-order valence-corrected chi connectivity index (χ4v) is 4.67. The van der Waals surface area contributed by atoms with Crippen LogP contribution in [0.25, 0.3) is 15.9 Å². The summed E-state index contributed by atoms with van der Waals surface area (Å²) in [6.45, 7) is 9.15. The zero-order valence-corrected chi connectivity index (χ0v) is 15.3. The first-order chi connectivity index (χ1) is 13.2. The van der Waals surface area contributed by atoms with Crippen LogP contribution in [-0.4, -0.2) is 28.7 Å². The van der Waals surface area contributed by atoms with Crippen molar-refractivity contribution in [2.75, 3.05) is 18.0 Å². The number of benzene rings is 2. The topological polar surface area (TPSA) is 51.4 Å². The smallest absolute Gasteiger partial charge is 0.207 e. The Bertz CT molecular complexity index is 1040. The fourth-order valence-electron chi connectivity index (χ4n) is 4.67. The molecule has 0 amide bonds. The van der Waals surface area contributed by atoms with E-state index in [0.29, 0.717) is 0 Å². The van der Waals surface area contributed by atoms with Gasteiger partial charge in [-0.15, -0.1) is 0 Å². The van der Waals surface area contributed by atoms with E-state index in [4.69, 9.17) is 17.3 Å². The van der Waals surface area contributed by atoms with Crippen LogP contribution in [0.5, 0.6) is 0 Å². The van der Waals surface area contributed by atoms with Gasteiger partial charge in [0.25, 0.3) is 0 Å². The summed E-state index contributed by atoms with van der Waals surface area (Å²) in [4.78, 5) is 11.0. The maximum atomic E-state index is 7.28. The van der Waals surface area contributed by atoms with Crippen LogP contribution in [0.3, 0.4) is 0 Å². The van der Waals surface area contributed by atoms with Crippen LogP contribution in [-0.2, 0) is 6.42 Å². The molecule has 5 nitrogen and oxygen atoms in total. The normalized spacial score (nSPS) is 22.0. The lowest BCUT2D eigenvalue weighted by atomic mass is 10.1. The first kappa shape index (κ1) is 16.3. The number of nitrogens with two attached hydrogens (primary N) is 1. The van der Waals surface area contributed by atoms with Crippen molar-refractivity contribution < 1.29 is 0 Å². The number of nitrogens with zero attached hydrogens (tertiary/aromatic N) is 4. The van der Waals surface area contributed by atoms with Crippen molar-refractivity contribution in [2.45, 2.75) is 37.8 Å². The lowest BCUT2D eigenvalue weighted by molar-refractivity contribution is 0.486. The number of imidazole rings is 1. The summed E-state index contributed by atoms with van der Waals surface area (Å²) in [5.74, 6) is 1.04. The molecule has 0 unspecified atom stereocenters. The standard InChI is InChI=1S/C22H23N5/c1-24-17-9-10-18-15(13-17)8-11-20(18)27-21-7-3-2-6-19(21)25-22(27)26-12-4-5-16(23)14-26/h2-3,6-7,9-10,13,16,20H,4-5,8,11-12,14,23H2/t16-,20-/m0/s1. The van der Waals surface area contributed by atoms with Gasteiger partial charge in [-0.1, -0.05) is 35.9 Å². The minimum Gasteiger partial charge on any atom is -0.341 e. The predicted octanol–water partition coefficient (Wildman–Crippen LogP) is 4.05. The molecule has 136 valence electrons. The molecule has 1 saturated heterocycles. The first-order valence-electron chi connectivity index (χ1n) is 9.72. The SMILES string of the molecule is [C-]#[N+]c1ccc2c(c1)CC[C@@H]2n1c(N2CCC[C@H](N)C2)nc2ccccc21. The second-order valence-corrected chi connectivity index (χ2v) is 7.67. The molecule has 0 radical (unpaired) electrons. The summed E-state index contributed by atoms with van der Waals surface area (Å²) in [6.07, 6.45) is 4.25. The predicted molar refractivity (Wildman–Crippen MR) is 108 cm³/mol. The average molecular weight is 357 g/mol. The lowest BCUT2D eigenvalue weighted by Crippen LogP contribution is -2.44. The third-order valence-electron chi connectivity index (χ3n) is 5.93. The molecule has 1 aliphatic heterocycles. The van der Waals surface area contributed by atoms with Crippen LogP contribution in [0.1, 0.15) is 36.4 Å². The van der Waals surface area contributed by atoms with Gasteiger partial charge < -0.3 is 15.2 Å². The summed E-state index contributed by atoms with van der Waals surface area (Å²) in [7, 11) is 0. The number of rotatable bonds is 2. The number of hydrogen-bond acceptors (Lipinski definition) is 3. The highest BCUT2D eigenvalue weighted by molar-refractivity contribution is 5.79. The van der Waals surface area contributed by atoms with Crippen molar-refractivity contribution in [1.82, 2.24) is 9.55 Å². The van der Waals surface area contributed by atoms with Crippen molar-refractivity contribution in [3.05, 3.63) is 65.0 Å². The van der Waals surface area contributed by atoms with Crippen molar-refractivity contribution >= 4 is 22.7 Å². The molecule has 3 aromatic rings. The van der Waals surface area contributed by atoms with Crippen LogP contribution in [0.4, 0.5) is 11.6 Å². The summed E-state index contributed by atoms with van der Waals surface area (Å²) in [5, 5.41) is 0. The molecule has 1 aromatic heterocycles. The number of para-hydroxylation sites is 2. The van der Waals surface area contributed by atoms with Gasteiger partial charge in [-0.05, 0) is 43.4 Å². The van der Waals surface area contributed by atoms with E-state index in [2.05, 4.69) is 50.7 Å². The molecule has 2 atom stereocenters. The van der Waals surface area contributed by atoms with Crippen molar-refractivity contribution in [1.29, 1.82) is 0 Å². The number of aryl methyl sites for hydroxylation is 1. The molecule has 5 rings (SSSR count). The van der Waals surface area contributed by atoms with Gasteiger partial charge in [0.2, 0.25) is 5.95 Å². The minimum atomic E-state index is 0.212. The molecular formula is C22H23N5. The third-order valence-corrected chi connectivity index (χ3v) is 5.93. The van der Waals surface area contributed by atoms with Gasteiger partial charge in [0, 0.05) is 19.1 Å². The molecule has 5 heteroatoms. The maximum absolute atomic E-state index is 7.28. The van der Waals surface area contributed by atoms with E-state index in [1.54, 1.807) is 0 Å². The molecular weight excluding hydrogens is 334 g/mol. The quantitative estimate of drug-likeness (QED) is 0.704. The van der Waals surface area contributed by atoms with Gasteiger partial charge in [0.15, 0.2) is 5.69 Å². The lowest BCUT2D eigenvalue weighted by Gasteiger charge is -2.33. The fraction of sp³-hybridized carbons (Fsp3) is 0.364. The molecule has 0 spiro atoms. The maximum Gasteiger partial charge on any atom is 0.207 e. The number of hydrogen-bond donors (Lipinski definition) is 1. The molecule has 0 saturated carbocycles. The van der Waals surface area contributed by atoms with Crippen molar-refractivity contribution in [3.8, 4) is 0 Å². The Hall–Kier alpha value is -2.84. The van der Waals surface area contributed by atoms with E-state index in [-0.39, 0.29) is 12.1 Å². The summed E-state index contributed by atoms with van der Waals surface area (Å²) >= 11 is 0. The number of aromatic nitrogens is 2. The first-order valence-corrected chi connectivity index (χ1v) is 9.72. The van der Waals surface area contributed by atoms with E-state index in [0.717, 1.165) is 55.9 Å². The Morgan fingerprint density at radius 2 is 2.04 bits per heavy atom. The molecule has 2 aliphatic rings. The summed E-state index contributed by atoms with van der Waals surface area (Å²) in [5.41, 5.74) is 11.8. The molecule has 2 aromatic carbocycles. The minimum absolute atomic E-state index is 0.212. The van der Waals surface area contributed by atoms with Gasteiger partial charge in [0.1, 0.15) is 0 Å². The molecule has 0 bridgehead atoms. The van der Waals surface area contributed by atoms with E-state index >= 15 is 0 Å². The second-order valence-electron chi connectivity index (χ2n) is 7.67. The number of anilines is 1. The van der Waals surface area contributed by atoms with Gasteiger partial charge in [0.05, 0.1) is 23.6 Å². The molecule has 2 heterocycles. The Balaban J connectivity index is 1.65. The Morgan fingerprint density at radius 3 is 2.89 bits per heavy atom. The number of fused-ring (bicyclic) bond motifs is 2. The Kier molecular flexibility index (Phi) is 3.87. The second kappa shape index (κ2) is 6.40. The monoisotopic (exact) mass is 357 g/mol. The van der Waals surface area contributed by atoms with E-state index in [9.17, 15) is 0 Å². The van der Waals surface area contributed by atoms with Crippen LogP contribution < -0.4 is 10.6 Å².